The monoisotopic (exact) mass is 202 g/mol. The van der Waals surface area contributed by atoms with Gasteiger partial charge >= 0.3 is 19.8 Å². The number of hydrogen-bond donors (Lipinski definition) is 2. The minimum absolute atomic E-state index is 4.67. The molecule has 0 heterocycles. The van der Waals surface area contributed by atoms with Crippen molar-refractivity contribution >= 4 is 19.8 Å². The van der Waals surface area contributed by atoms with Gasteiger partial charge in [-0.1, -0.05) is 0 Å². The molecule has 4 nitrogen and oxygen atoms in total. The molecule has 0 unspecified atom stereocenters. The first-order valence-electron chi connectivity index (χ1n) is 1.45. The first-order valence-corrected chi connectivity index (χ1v) is 4.36. The molecule has 0 saturated carbocycles. The van der Waals surface area contributed by atoms with Crippen LogP contribution in [0, 0.1) is 0 Å². The van der Waals surface area contributed by atoms with Crippen molar-refractivity contribution < 1.29 is 34.0 Å². The second-order valence-electron chi connectivity index (χ2n) is 0.876. The molecule has 0 radical (unpaired) electrons. The van der Waals surface area contributed by atoms with E-state index in [-0.39, 0.29) is 0 Å². The lowest BCUT2D eigenvalue weighted by Gasteiger charge is -1.75. The summed E-state index contributed by atoms with van der Waals surface area (Å²) in [5.74, 6) is 0. The maximum atomic E-state index is 9.83. The summed E-state index contributed by atoms with van der Waals surface area (Å²) in [4.78, 5) is 0. The second-order valence-corrected chi connectivity index (χ2v) is 2.63. The molecule has 10 heteroatoms. The molecule has 0 aliphatic rings. The number of hydrogen-bond acceptors (Lipinski definition) is 2. The van der Waals surface area contributed by atoms with Crippen molar-refractivity contribution in [2.45, 2.75) is 0 Å². The highest BCUT2D eigenvalue weighted by Gasteiger charge is 2.39. The van der Waals surface area contributed by atoms with Crippen LogP contribution in [0.25, 0.3) is 0 Å². The molecule has 0 aromatic heterocycles. The molecule has 64 valence electrons. The molecule has 0 bridgehead atoms. The summed E-state index contributed by atoms with van der Waals surface area (Å²) in [7, 11) is -11.3. The maximum Gasteiger partial charge on any atom is 0.844 e. The molecule has 0 aromatic carbocycles. The highest BCUT2D eigenvalue weighted by molar-refractivity contribution is 7.79. The van der Waals surface area contributed by atoms with E-state index in [1.807, 2.05) is 0 Å². The van der Waals surface area contributed by atoms with Crippen molar-refractivity contribution in [1.29, 1.82) is 0 Å². The number of halogens is 4. The molecule has 0 amide bonds. The zero-order valence-corrected chi connectivity index (χ0v) is 5.95. The summed E-state index contributed by atoms with van der Waals surface area (Å²) in [6.07, 6.45) is 0. The molecule has 10 heavy (non-hydrogen) atoms. The highest BCUT2D eigenvalue weighted by Crippen LogP contribution is 2.06. The first-order chi connectivity index (χ1) is 4.00. The molecule has 0 fully saturated rings. The third kappa shape index (κ3) is 9700. The van der Waals surface area contributed by atoms with Gasteiger partial charge in [0.1, 0.15) is 0 Å². The van der Waals surface area contributed by atoms with Crippen molar-refractivity contribution in [2.24, 2.45) is 0 Å². The van der Waals surface area contributed by atoms with E-state index in [0.717, 1.165) is 0 Å². The van der Waals surface area contributed by atoms with Gasteiger partial charge in [0.2, 0.25) is 0 Å². The summed E-state index contributed by atoms with van der Waals surface area (Å²) in [6.45, 7) is 0. The molecular formula is H2F4O4SSi. The molecule has 0 atom stereocenters. The fourth-order valence-corrected chi connectivity index (χ4v) is 0. The van der Waals surface area contributed by atoms with Crippen LogP contribution in [0.3, 0.4) is 0 Å². The van der Waals surface area contributed by atoms with Crippen LogP contribution in [0.15, 0.2) is 0 Å². The Morgan fingerprint density at radius 1 is 1.00 bits per heavy atom. The first kappa shape index (κ1) is 12.5. The lowest BCUT2D eigenvalue weighted by molar-refractivity contribution is 0.368. The van der Waals surface area contributed by atoms with Crippen molar-refractivity contribution in [3.8, 4) is 0 Å². The van der Waals surface area contributed by atoms with Gasteiger partial charge < -0.3 is 0 Å². The SMILES string of the molecule is F[Si](F)(F)F.O=S(=O)(O)O. The summed E-state index contributed by atoms with van der Waals surface area (Å²) < 4.78 is 70.9. The van der Waals surface area contributed by atoms with Gasteiger partial charge in [-0.15, -0.1) is 0 Å². The molecular weight excluding hydrogens is 200 g/mol. The van der Waals surface area contributed by atoms with Crippen LogP contribution in [-0.4, -0.2) is 26.9 Å². The molecule has 0 rings (SSSR count). The van der Waals surface area contributed by atoms with E-state index in [9.17, 15) is 16.4 Å². The van der Waals surface area contributed by atoms with Crippen LogP contribution >= 0.6 is 0 Å². The van der Waals surface area contributed by atoms with Crippen LogP contribution in [0.1, 0.15) is 0 Å². The molecule has 0 aliphatic carbocycles. The third-order valence-electron chi connectivity index (χ3n) is 0. The van der Waals surface area contributed by atoms with Gasteiger partial charge in [0.15, 0.2) is 0 Å². The Hall–Kier alpha value is -0.193. The molecule has 0 aromatic rings. The minimum atomic E-state index is -6.61. The van der Waals surface area contributed by atoms with Crippen LogP contribution < -0.4 is 0 Å². The molecule has 0 spiro atoms. The van der Waals surface area contributed by atoms with Gasteiger partial charge in [0.25, 0.3) is 0 Å². The van der Waals surface area contributed by atoms with E-state index in [1.165, 1.54) is 0 Å². The van der Waals surface area contributed by atoms with E-state index in [4.69, 9.17) is 17.5 Å². The largest absolute Gasteiger partial charge is 0.844 e. The maximum absolute atomic E-state index is 9.83. The third-order valence-corrected chi connectivity index (χ3v) is 0. The summed E-state index contributed by atoms with van der Waals surface area (Å²) in [5.41, 5.74) is 0. The second kappa shape index (κ2) is 3.85. The Balaban J connectivity index is 0. The Morgan fingerprint density at radius 2 is 1.00 bits per heavy atom. The topological polar surface area (TPSA) is 74.6 Å². The van der Waals surface area contributed by atoms with Gasteiger partial charge in [0, 0.05) is 0 Å². The van der Waals surface area contributed by atoms with Crippen molar-refractivity contribution in [2.75, 3.05) is 0 Å². The zero-order valence-electron chi connectivity index (χ0n) is 4.13. The van der Waals surface area contributed by atoms with Gasteiger partial charge in [0.05, 0.1) is 0 Å². The van der Waals surface area contributed by atoms with Crippen molar-refractivity contribution in [3.05, 3.63) is 0 Å². The minimum Gasteiger partial charge on any atom is -0.264 e. The summed E-state index contributed by atoms with van der Waals surface area (Å²) in [6, 6.07) is 0. The molecule has 0 aliphatic heterocycles. The van der Waals surface area contributed by atoms with Crippen LogP contribution in [-0.2, 0) is 10.4 Å². The predicted octanol–water partition coefficient (Wildman–Crippen LogP) is 0.647. The zero-order chi connectivity index (χ0) is 9.00. The Bertz CT molecular complexity index is 152. The van der Waals surface area contributed by atoms with E-state index in [0.29, 0.717) is 0 Å². The molecule has 2 N–H and O–H groups in total. The average Bonchev–Trinajstić information content (AvgIpc) is 1.12. The fraction of sp³-hybridized carbons (Fsp3) is 0. The van der Waals surface area contributed by atoms with E-state index < -0.39 is 19.8 Å². The molecule has 0 saturated heterocycles. The van der Waals surface area contributed by atoms with Crippen LogP contribution in [0.2, 0.25) is 0 Å². The quantitative estimate of drug-likeness (QED) is 0.262. The van der Waals surface area contributed by atoms with Crippen molar-refractivity contribution in [3.63, 3.8) is 0 Å². The van der Waals surface area contributed by atoms with Gasteiger partial charge in [-0.2, -0.15) is 8.42 Å². The standard InChI is InChI=1S/F4Si.H2O4S/c2*1-5(2,3)4/h;(H2,1,2,3,4). The van der Waals surface area contributed by atoms with Gasteiger partial charge in [-0.3, -0.25) is 9.11 Å². The Morgan fingerprint density at radius 3 is 1.00 bits per heavy atom. The number of rotatable bonds is 0. The summed E-state index contributed by atoms with van der Waals surface area (Å²) >= 11 is 0. The van der Waals surface area contributed by atoms with E-state index in [2.05, 4.69) is 0 Å². The Kier molecular flexibility index (Phi) is 4.81. The smallest absolute Gasteiger partial charge is 0.264 e. The lowest BCUT2D eigenvalue weighted by atomic mass is 15.8. The van der Waals surface area contributed by atoms with E-state index in [1.54, 1.807) is 0 Å². The van der Waals surface area contributed by atoms with Gasteiger partial charge in [-0.25, -0.2) is 16.4 Å². The van der Waals surface area contributed by atoms with Crippen molar-refractivity contribution in [1.82, 2.24) is 0 Å². The lowest BCUT2D eigenvalue weighted by Crippen LogP contribution is -2.02. The fourth-order valence-electron chi connectivity index (χ4n) is 0. The van der Waals surface area contributed by atoms with Crippen LogP contribution in [0.5, 0.6) is 0 Å². The normalized spacial score (nSPS) is 11.8. The Labute approximate surface area is 54.8 Å². The predicted molar refractivity (Wildman–Crippen MR) is 24.4 cm³/mol. The van der Waals surface area contributed by atoms with E-state index >= 15 is 0 Å². The van der Waals surface area contributed by atoms with Crippen LogP contribution in [0.4, 0.5) is 16.4 Å². The van der Waals surface area contributed by atoms with Gasteiger partial charge in [-0.05, 0) is 0 Å². The summed E-state index contributed by atoms with van der Waals surface area (Å²) in [5, 5.41) is 0. The highest BCUT2D eigenvalue weighted by atomic mass is 32.3. The average molecular weight is 202 g/mol.